The second-order valence-electron chi connectivity index (χ2n) is 6.12. The first kappa shape index (κ1) is 16.5. The summed E-state index contributed by atoms with van der Waals surface area (Å²) in [5.74, 6) is 0.530. The van der Waals surface area contributed by atoms with Crippen molar-refractivity contribution in [3.8, 4) is 5.75 Å². The third-order valence-corrected chi connectivity index (χ3v) is 3.91. The van der Waals surface area contributed by atoms with Crippen LogP contribution in [0.4, 0.5) is 4.39 Å². The zero-order valence-corrected chi connectivity index (χ0v) is 13.5. The lowest BCUT2D eigenvalue weighted by Gasteiger charge is -2.24. The summed E-state index contributed by atoms with van der Waals surface area (Å²) >= 11 is 0. The first-order valence-corrected chi connectivity index (χ1v) is 7.70. The van der Waals surface area contributed by atoms with Crippen LogP contribution in [0.1, 0.15) is 38.3 Å². The quantitative estimate of drug-likeness (QED) is 0.801. The van der Waals surface area contributed by atoms with Crippen molar-refractivity contribution in [2.24, 2.45) is 0 Å². The topological polar surface area (TPSA) is 21.3 Å². The molecule has 0 aromatic heterocycles. The van der Waals surface area contributed by atoms with Gasteiger partial charge in [0.25, 0.3) is 0 Å². The molecule has 118 valence electrons. The van der Waals surface area contributed by atoms with Crippen molar-refractivity contribution in [3.63, 3.8) is 0 Å². The molecule has 0 aliphatic heterocycles. The third kappa shape index (κ3) is 4.85. The smallest absolute Gasteiger partial charge is 0.129 e. The van der Waals surface area contributed by atoms with E-state index >= 15 is 0 Å². The predicted octanol–water partition coefficient (Wildman–Crippen LogP) is 4.68. The van der Waals surface area contributed by atoms with E-state index in [1.807, 2.05) is 24.3 Å². The van der Waals surface area contributed by atoms with Crippen molar-refractivity contribution in [2.45, 2.75) is 45.9 Å². The van der Waals surface area contributed by atoms with Gasteiger partial charge in [-0.05, 0) is 44.0 Å². The van der Waals surface area contributed by atoms with Crippen molar-refractivity contribution in [2.75, 3.05) is 0 Å². The molecule has 0 amide bonds. The lowest BCUT2D eigenvalue weighted by molar-refractivity contribution is 0.299. The second-order valence-corrected chi connectivity index (χ2v) is 6.12. The Morgan fingerprint density at radius 3 is 2.59 bits per heavy atom. The zero-order valence-electron chi connectivity index (χ0n) is 13.5. The maximum atomic E-state index is 13.6. The van der Waals surface area contributed by atoms with E-state index in [4.69, 9.17) is 4.74 Å². The second kappa shape index (κ2) is 7.41. The molecule has 0 bridgehead atoms. The van der Waals surface area contributed by atoms with Crippen LogP contribution in [-0.4, -0.2) is 5.54 Å². The van der Waals surface area contributed by atoms with E-state index < -0.39 is 0 Å². The van der Waals surface area contributed by atoms with E-state index in [1.165, 1.54) is 6.07 Å². The van der Waals surface area contributed by atoms with Crippen LogP contribution < -0.4 is 10.1 Å². The summed E-state index contributed by atoms with van der Waals surface area (Å²) in [5, 5.41) is 3.52. The predicted molar refractivity (Wildman–Crippen MR) is 88.4 cm³/mol. The molecule has 0 saturated carbocycles. The van der Waals surface area contributed by atoms with E-state index in [-0.39, 0.29) is 18.0 Å². The molecule has 0 unspecified atom stereocenters. The molecule has 2 rings (SSSR count). The average molecular weight is 301 g/mol. The first-order chi connectivity index (χ1) is 10.5. The lowest BCUT2D eigenvalue weighted by atomic mass is 10.0. The van der Waals surface area contributed by atoms with Gasteiger partial charge in [-0.3, -0.25) is 0 Å². The van der Waals surface area contributed by atoms with Crippen molar-refractivity contribution in [1.29, 1.82) is 0 Å². The first-order valence-electron chi connectivity index (χ1n) is 7.70. The fourth-order valence-corrected chi connectivity index (χ4v) is 1.99. The molecule has 0 radical (unpaired) electrons. The molecule has 0 heterocycles. The van der Waals surface area contributed by atoms with E-state index in [1.54, 1.807) is 12.1 Å². The van der Waals surface area contributed by atoms with Gasteiger partial charge in [0.2, 0.25) is 0 Å². The van der Waals surface area contributed by atoms with E-state index in [0.29, 0.717) is 5.56 Å². The fourth-order valence-electron chi connectivity index (χ4n) is 1.99. The van der Waals surface area contributed by atoms with Crippen LogP contribution in [0.3, 0.4) is 0 Å². The summed E-state index contributed by atoms with van der Waals surface area (Å²) in [6.45, 7) is 7.57. The van der Waals surface area contributed by atoms with Gasteiger partial charge in [0.15, 0.2) is 0 Å². The highest BCUT2D eigenvalue weighted by molar-refractivity contribution is 5.29. The Balaban J connectivity index is 1.95. The minimum Gasteiger partial charge on any atom is -0.489 e. The minimum atomic E-state index is -0.231. The molecule has 2 aromatic carbocycles. The molecular formula is C19H24FNO. The Morgan fingerprint density at radius 2 is 1.86 bits per heavy atom. The van der Waals surface area contributed by atoms with Crippen LogP contribution in [0.25, 0.3) is 0 Å². The van der Waals surface area contributed by atoms with E-state index in [0.717, 1.165) is 24.3 Å². The number of nitrogens with one attached hydrogen (secondary N) is 1. The fraction of sp³-hybridized carbons (Fsp3) is 0.368. The van der Waals surface area contributed by atoms with Crippen molar-refractivity contribution < 1.29 is 9.13 Å². The molecule has 3 heteroatoms. The number of ether oxygens (including phenoxy) is 1. The van der Waals surface area contributed by atoms with Crippen molar-refractivity contribution in [3.05, 3.63) is 65.5 Å². The van der Waals surface area contributed by atoms with Gasteiger partial charge in [0.05, 0.1) is 0 Å². The highest BCUT2D eigenvalue weighted by Crippen LogP contribution is 2.17. The van der Waals surface area contributed by atoms with Gasteiger partial charge in [-0.15, -0.1) is 0 Å². The van der Waals surface area contributed by atoms with Gasteiger partial charge in [-0.2, -0.15) is 0 Å². The molecule has 0 spiro atoms. The monoisotopic (exact) mass is 301 g/mol. The van der Waals surface area contributed by atoms with Gasteiger partial charge in [0, 0.05) is 17.6 Å². The summed E-state index contributed by atoms with van der Waals surface area (Å²) in [6.07, 6.45) is 1.07. The summed E-state index contributed by atoms with van der Waals surface area (Å²) < 4.78 is 19.3. The molecular weight excluding hydrogens is 277 g/mol. The molecule has 0 fully saturated rings. The Kier molecular flexibility index (Phi) is 5.56. The molecule has 0 saturated heterocycles. The van der Waals surface area contributed by atoms with Crippen molar-refractivity contribution >= 4 is 0 Å². The number of rotatable bonds is 7. The molecule has 0 aliphatic carbocycles. The lowest BCUT2D eigenvalue weighted by Crippen LogP contribution is -2.37. The van der Waals surface area contributed by atoms with Crippen LogP contribution in [0.2, 0.25) is 0 Å². The molecule has 0 atom stereocenters. The third-order valence-electron chi connectivity index (χ3n) is 3.91. The summed E-state index contributed by atoms with van der Waals surface area (Å²) in [5.41, 5.74) is 1.84. The average Bonchev–Trinajstić information content (AvgIpc) is 2.53. The summed E-state index contributed by atoms with van der Waals surface area (Å²) in [7, 11) is 0. The standard InChI is InChI=1S/C19H24FNO/c1-4-19(2,3)21-13-15-8-7-10-17(12-15)22-14-16-9-5-6-11-18(16)20/h5-12,21H,4,13-14H2,1-3H3. The Hall–Kier alpha value is -1.87. The maximum Gasteiger partial charge on any atom is 0.129 e. The molecule has 1 N–H and O–H groups in total. The van der Waals surface area contributed by atoms with Crippen LogP contribution in [0, 0.1) is 5.82 Å². The number of benzene rings is 2. The molecule has 0 aliphatic rings. The van der Waals surface area contributed by atoms with Crippen LogP contribution in [-0.2, 0) is 13.2 Å². The number of hydrogen-bond acceptors (Lipinski definition) is 2. The van der Waals surface area contributed by atoms with E-state index in [2.05, 4.69) is 32.2 Å². The van der Waals surface area contributed by atoms with Crippen LogP contribution in [0.5, 0.6) is 5.75 Å². The Morgan fingerprint density at radius 1 is 1.09 bits per heavy atom. The highest BCUT2D eigenvalue weighted by Gasteiger charge is 2.13. The van der Waals surface area contributed by atoms with Crippen molar-refractivity contribution in [1.82, 2.24) is 5.32 Å². The molecule has 2 nitrogen and oxygen atoms in total. The summed E-state index contributed by atoms with van der Waals surface area (Å²) in [6, 6.07) is 14.6. The van der Waals surface area contributed by atoms with Gasteiger partial charge < -0.3 is 10.1 Å². The van der Waals surface area contributed by atoms with Gasteiger partial charge in [0.1, 0.15) is 18.2 Å². The Bertz CT molecular complexity index is 610. The van der Waals surface area contributed by atoms with E-state index in [9.17, 15) is 4.39 Å². The minimum absolute atomic E-state index is 0.115. The molecule has 2 aromatic rings. The number of hydrogen-bond donors (Lipinski definition) is 1. The SMILES string of the molecule is CCC(C)(C)NCc1cccc(OCc2ccccc2F)c1. The normalized spacial score (nSPS) is 11.5. The Labute approximate surface area is 132 Å². The van der Waals surface area contributed by atoms with Gasteiger partial charge >= 0.3 is 0 Å². The van der Waals surface area contributed by atoms with Gasteiger partial charge in [-0.1, -0.05) is 37.3 Å². The maximum absolute atomic E-state index is 13.6. The largest absolute Gasteiger partial charge is 0.489 e. The van der Waals surface area contributed by atoms with Crippen LogP contribution >= 0.6 is 0 Å². The van der Waals surface area contributed by atoms with Crippen LogP contribution in [0.15, 0.2) is 48.5 Å². The molecule has 22 heavy (non-hydrogen) atoms. The number of halogens is 1. The summed E-state index contributed by atoms with van der Waals surface area (Å²) in [4.78, 5) is 0. The zero-order chi connectivity index (χ0) is 16.0. The van der Waals surface area contributed by atoms with Gasteiger partial charge in [-0.25, -0.2) is 4.39 Å². The highest BCUT2D eigenvalue weighted by atomic mass is 19.1.